The number of fused-ring (bicyclic) bond motifs is 1. The van der Waals surface area contributed by atoms with Crippen molar-refractivity contribution in [2.45, 2.75) is 30.2 Å². The van der Waals surface area contributed by atoms with Crippen LogP contribution < -0.4 is 5.32 Å². The second-order valence-electron chi connectivity index (χ2n) is 6.28. The van der Waals surface area contributed by atoms with Crippen LogP contribution in [-0.4, -0.2) is 30.0 Å². The Labute approximate surface area is 145 Å². The van der Waals surface area contributed by atoms with E-state index in [1.165, 1.54) is 22.2 Å². The summed E-state index contributed by atoms with van der Waals surface area (Å²) in [7, 11) is -3.88. The maximum atomic E-state index is 13.5. The van der Waals surface area contributed by atoms with Crippen molar-refractivity contribution in [2.75, 3.05) is 6.54 Å². The van der Waals surface area contributed by atoms with Gasteiger partial charge >= 0.3 is 0 Å². The molecule has 1 aliphatic rings. The molecule has 1 saturated heterocycles. The Balaban J connectivity index is 1.84. The van der Waals surface area contributed by atoms with E-state index in [1.54, 1.807) is 24.5 Å². The van der Waals surface area contributed by atoms with Crippen LogP contribution in [0.4, 0.5) is 4.39 Å². The zero-order valence-corrected chi connectivity index (χ0v) is 14.3. The van der Waals surface area contributed by atoms with Gasteiger partial charge < -0.3 is 5.32 Å². The van der Waals surface area contributed by atoms with Gasteiger partial charge in [-0.15, -0.1) is 0 Å². The van der Waals surface area contributed by atoms with Crippen molar-refractivity contribution in [3.05, 3.63) is 60.2 Å². The summed E-state index contributed by atoms with van der Waals surface area (Å²) in [4.78, 5) is 4.31. The normalized spacial score (nSPS) is 18.0. The highest BCUT2D eigenvalue weighted by Gasteiger charge is 2.24. The lowest BCUT2D eigenvalue weighted by atomic mass is 10.1. The first kappa shape index (κ1) is 16.2. The Morgan fingerprint density at radius 2 is 2.16 bits per heavy atom. The number of nitrogens with one attached hydrogen (secondary N) is 1. The molecular formula is C18H18FN3O2S. The largest absolute Gasteiger partial charge is 0.314 e. The van der Waals surface area contributed by atoms with Gasteiger partial charge in [0.2, 0.25) is 0 Å². The molecule has 25 heavy (non-hydrogen) atoms. The fourth-order valence-corrected chi connectivity index (χ4v) is 4.79. The van der Waals surface area contributed by atoms with Crippen molar-refractivity contribution in [3.63, 3.8) is 0 Å². The smallest absolute Gasteiger partial charge is 0.268 e. The van der Waals surface area contributed by atoms with Crippen LogP contribution in [0.5, 0.6) is 0 Å². The van der Waals surface area contributed by atoms with E-state index < -0.39 is 15.8 Å². The number of benzene rings is 1. The molecule has 2 aromatic heterocycles. The second-order valence-corrected chi connectivity index (χ2v) is 8.10. The third kappa shape index (κ3) is 2.94. The zero-order valence-electron chi connectivity index (χ0n) is 13.5. The highest BCUT2D eigenvalue weighted by atomic mass is 32.2. The van der Waals surface area contributed by atoms with Crippen LogP contribution in [0.2, 0.25) is 0 Å². The van der Waals surface area contributed by atoms with Gasteiger partial charge in [0.15, 0.2) is 0 Å². The highest BCUT2D eigenvalue weighted by Crippen LogP contribution is 2.26. The molecule has 3 heterocycles. The summed E-state index contributed by atoms with van der Waals surface area (Å²) in [5, 5.41) is 3.42. The highest BCUT2D eigenvalue weighted by molar-refractivity contribution is 7.90. The first-order valence-corrected chi connectivity index (χ1v) is 9.69. The number of hydrogen-bond donors (Lipinski definition) is 1. The first-order valence-electron chi connectivity index (χ1n) is 8.25. The maximum Gasteiger partial charge on any atom is 0.268 e. The Morgan fingerprint density at radius 1 is 1.28 bits per heavy atom. The van der Waals surface area contributed by atoms with E-state index in [-0.39, 0.29) is 4.90 Å². The zero-order chi connectivity index (χ0) is 17.4. The van der Waals surface area contributed by atoms with Crippen LogP contribution in [0.15, 0.2) is 53.7 Å². The molecule has 0 amide bonds. The molecule has 130 valence electrons. The van der Waals surface area contributed by atoms with Crippen LogP contribution in [0.1, 0.15) is 18.4 Å². The van der Waals surface area contributed by atoms with E-state index in [1.807, 2.05) is 0 Å². The van der Waals surface area contributed by atoms with E-state index >= 15 is 0 Å². The summed E-state index contributed by atoms with van der Waals surface area (Å²) < 4.78 is 40.7. The van der Waals surface area contributed by atoms with Crippen molar-refractivity contribution in [1.82, 2.24) is 14.3 Å². The minimum Gasteiger partial charge on any atom is -0.314 e. The monoisotopic (exact) mass is 359 g/mol. The average molecular weight is 359 g/mol. The lowest BCUT2D eigenvalue weighted by Gasteiger charge is -2.08. The molecule has 1 N–H and O–H groups in total. The molecule has 0 bridgehead atoms. The molecule has 4 rings (SSSR count). The van der Waals surface area contributed by atoms with E-state index in [0.717, 1.165) is 37.4 Å². The number of pyridine rings is 1. The predicted molar refractivity (Wildman–Crippen MR) is 93.4 cm³/mol. The van der Waals surface area contributed by atoms with Crippen molar-refractivity contribution < 1.29 is 12.8 Å². The molecular weight excluding hydrogens is 341 g/mol. The van der Waals surface area contributed by atoms with Gasteiger partial charge in [0.25, 0.3) is 10.0 Å². The minimum atomic E-state index is -3.88. The second kappa shape index (κ2) is 6.24. The van der Waals surface area contributed by atoms with Crippen LogP contribution in [0.25, 0.3) is 11.0 Å². The Hall–Kier alpha value is -2.25. The molecule has 5 nitrogen and oxygen atoms in total. The van der Waals surface area contributed by atoms with Gasteiger partial charge in [0, 0.05) is 18.4 Å². The lowest BCUT2D eigenvalue weighted by molar-refractivity contribution is 0.583. The quantitative estimate of drug-likeness (QED) is 0.778. The molecule has 0 saturated carbocycles. The molecule has 0 spiro atoms. The van der Waals surface area contributed by atoms with E-state index in [4.69, 9.17) is 0 Å². The Kier molecular flexibility index (Phi) is 4.05. The SMILES string of the molecule is O=S(=O)(c1cccc(F)c1)n1cc(C[C@H]2CCCN2)c2ncccc21. The van der Waals surface area contributed by atoms with Gasteiger partial charge in [0.1, 0.15) is 5.82 Å². The minimum absolute atomic E-state index is 0.0706. The summed E-state index contributed by atoms with van der Waals surface area (Å²) in [6.07, 6.45) is 6.19. The van der Waals surface area contributed by atoms with E-state index in [0.29, 0.717) is 17.1 Å². The van der Waals surface area contributed by atoms with Gasteiger partial charge in [-0.1, -0.05) is 6.07 Å². The molecule has 3 aromatic rings. The van der Waals surface area contributed by atoms with Gasteiger partial charge in [-0.2, -0.15) is 0 Å². The van der Waals surface area contributed by atoms with Gasteiger partial charge in [-0.05, 0) is 61.7 Å². The summed E-state index contributed by atoms with van der Waals surface area (Å²) in [6.45, 7) is 0.984. The van der Waals surface area contributed by atoms with Crippen molar-refractivity contribution in [3.8, 4) is 0 Å². The maximum absolute atomic E-state index is 13.5. The third-order valence-electron chi connectivity index (χ3n) is 4.58. The fraction of sp³-hybridized carbons (Fsp3) is 0.278. The number of rotatable bonds is 4. The topological polar surface area (TPSA) is 64.0 Å². The third-order valence-corrected chi connectivity index (χ3v) is 6.25. The number of aromatic nitrogens is 2. The van der Waals surface area contributed by atoms with Gasteiger partial charge in [-0.25, -0.2) is 16.8 Å². The van der Waals surface area contributed by atoms with Crippen LogP contribution in [0, 0.1) is 5.82 Å². The number of nitrogens with zero attached hydrogens (tertiary/aromatic N) is 2. The van der Waals surface area contributed by atoms with E-state index in [9.17, 15) is 12.8 Å². The molecule has 0 unspecified atom stereocenters. The molecule has 1 atom stereocenters. The Bertz CT molecular complexity index is 1020. The summed E-state index contributed by atoms with van der Waals surface area (Å²) in [5.74, 6) is -0.578. The van der Waals surface area contributed by atoms with E-state index in [2.05, 4.69) is 10.3 Å². The molecule has 1 aliphatic heterocycles. The number of hydrogen-bond acceptors (Lipinski definition) is 4. The average Bonchev–Trinajstić information content (AvgIpc) is 3.24. The molecule has 1 fully saturated rings. The predicted octanol–water partition coefficient (Wildman–Crippen LogP) is 2.71. The van der Waals surface area contributed by atoms with Gasteiger partial charge in [0.05, 0.1) is 15.9 Å². The van der Waals surface area contributed by atoms with Crippen LogP contribution in [-0.2, 0) is 16.4 Å². The summed E-state index contributed by atoms with van der Waals surface area (Å²) in [5.41, 5.74) is 2.07. The molecule has 1 aromatic carbocycles. The van der Waals surface area contributed by atoms with Crippen LogP contribution >= 0.6 is 0 Å². The molecule has 7 heteroatoms. The van der Waals surface area contributed by atoms with Crippen molar-refractivity contribution >= 4 is 21.1 Å². The first-order chi connectivity index (χ1) is 12.1. The lowest BCUT2D eigenvalue weighted by Crippen LogP contribution is -2.23. The molecule has 0 radical (unpaired) electrons. The van der Waals surface area contributed by atoms with Crippen molar-refractivity contribution in [1.29, 1.82) is 0 Å². The Morgan fingerprint density at radius 3 is 2.92 bits per heavy atom. The fourth-order valence-electron chi connectivity index (χ4n) is 3.38. The van der Waals surface area contributed by atoms with Crippen LogP contribution in [0.3, 0.4) is 0 Å². The standard InChI is InChI=1S/C18H18FN3O2S/c19-14-4-1-6-16(11-14)25(23,24)22-12-13(10-15-5-2-8-20-15)18-17(22)7-3-9-21-18/h1,3-4,6-7,9,11-12,15,20H,2,5,8,10H2/t15-/m1/s1. The van der Waals surface area contributed by atoms with Crippen molar-refractivity contribution in [2.24, 2.45) is 0 Å². The van der Waals surface area contributed by atoms with Gasteiger partial charge in [-0.3, -0.25) is 4.98 Å². The number of halogens is 1. The summed E-state index contributed by atoms with van der Waals surface area (Å²) in [6, 6.07) is 8.83. The summed E-state index contributed by atoms with van der Waals surface area (Å²) >= 11 is 0. The molecule has 0 aliphatic carbocycles.